The summed E-state index contributed by atoms with van der Waals surface area (Å²) in [7, 11) is 3.50. The number of nitrogens with one attached hydrogen (secondary N) is 1. The Hall–Kier alpha value is -2.13. The number of hydrogen-bond acceptors (Lipinski definition) is 5. The van der Waals surface area contributed by atoms with Crippen molar-refractivity contribution in [2.24, 2.45) is 0 Å². The quantitative estimate of drug-likeness (QED) is 0.797. The van der Waals surface area contributed by atoms with Crippen LogP contribution in [0.15, 0.2) is 18.3 Å². The van der Waals surface area contributed by atoms with Gasteiger partial charge in [0.25, 0.3) is 0 Å². The summed E-state index contributed by atoms with van der Waals surface area (Å²) in [6.07, 6.45) is 1.54. The molecule has 1 aromatic heterocycles. The van der Waals surface area contributed by atoms with Gasteiger partial charge in [-0.15, -0.1) is 0 Å². The van der Waals surface area contributed by atoms with Crippen molar-refractivity contribution in [1.29, 1.82) is 5.26 Å². The smallest absolute Gasteiger partial charge is 0.246 e. The molecule has 6 heteroatoms. The zero-order valence-corrected chi connectivity index (χ0v) is 11.1. The van der Waals surface area contributed by atoms with E-state index < -0.39 is 0 Å². The second-order valence-electron chi connectivity index (χ2n) is 4.66. The van der Waals surface area contributed by atoms with E-state index in [1.54, 1.807) is 31.1 Å². The molecule has 1 amide bonds. The Kier molecular flexibility index (Phi) is 3.97. The van der Waals surface area contributed by atoms with Crippen molar-refractivity contribution in [2.75, 3.05) is 38.6 Å². The minimum absolute atomic E-state index is 0.0540. The first-order valence-corrected chi connectivity index (χ1v) is 6.18. The minimum atomic E-state index is -0.246. The first kappa shape index (κ1) is 13.3. The summed E-state index contributed by atoms with van der Waals surface area (Å²) in [4.78, 5) is 20.0. The molecular weight excluding hydrogens is 242 g/mol. The number of aromatic nitrogens is 1. The van der Waals surface area contributed by atoms with E-state index in [4.69, 9.17) is 5.26 Å². The maximum atomic E-state index is 12.2. The maximum absolute atomic E-state index is 12.2. The Balaban J connectivity index is 2.23. The maximum Gasteiger partial charge on any atom is 0.246 e. The molecule has 1 aliphatic rings. The van der Waals surface area contributed by atoms with Gasteiger partial charge in [0.05, 0.1) is 5.56 Å². The van der Waals surface area contributed by atoms with Crippen LogP contribution < -0.4 is 10.2 Å². The zero-order chi connectivity index (χ0) is 13.8. The van der Waals surface area contributed by atoms with Crippen molar-refractivity contribution in [3.63, 3.8) is 0 Å². The predicted molar refractivity (Wildman–Crippen MR) is 71.6 cm³/mol. The summed E-state index contributed by atoms with van der Waals surface area (Å²) in [5.74, 6) is 0.791. The van der Waals surface area contributed by atoms with Crippen LogP contribution in [-0.4, -0.2) is 55.6 Å². The van der Waals surface area contributed by atoms with Gasteiger partial charge in [-0.05, 0) is 12.1 Å². The van der Waals surface area contributed by atoms with Crippen LogP contribution in [0.1, 0.15) is 5.56 Å². The lowest BCUT2D eigenvalue weighted by Gasteiger charge is -2.37. The third-order valence-corrected chi connectivity index (χ3v) is 3.14. The monoisotopic (exact) mass is 259 g/mol. The Morgan fingerprint density at radius 3 is 2.95 bits per heavy atom. The average Bonchev–Trinajstić information content (AvgIpc) is 2.46. The van der Waals surface area contributed by atoms with Gasteiger partial charge < -0.3 is 15.1 Å². The fourth-order valence-corrected chi connectivity index (χ4v) is 2.12. The number of nitrogens with zero attached hydrogens (tertiary/aromatic N) is 4. The van der Waals surface area contributed by atoms with Crippen LogP contribution in [0.3, 0.4) is 0 Å². The Morgan fingerprint density at radius 2 is 2.37 bits per heavy atom. The molecule has 0 spiro atoms. The largest absolute Gasteiger partial charge is 0.347 e. The molecule has 1 aromatic rings. The lowest BCUT2D eigenvalue weighted by Crippen LogP contribution is -2.58. The van der Waals surface area contributed by atoms with E-state index in [0.29, 0.717) is 12.1 Å². The highest BCUT2D eigenvalue weighted by Crippen LogP contribution is 2.17. The number of nitriles is 1. The predicted octanol–water partition coefficient (Wildman–Crippen LogP) is -0.180. The first-order chi connectivity index (χ1) is 9.13. The zero-order valence-electron chi connectivity index (χ0n) is 11.1. The molecule has 0 saturated carbocycles. The lowest BCUT2D eigenvalue weighted by atomic mass is 10.1. The average molecular weight is 259 g/mol. The molecule has 2 rings (SSSR count). The molecule has 2 heterocycles. The molecule has 1 atom stereocenters. The Bertz CT molecular complexity index is 491. The molecule has 19 heavy (non-hydrogen) atoms. The van der Waals surface area contributed by atoms with E-state index in [2.05, 4.69) is 10.3 Å². The van der Waals surface area contributed by atoms with Crippen molar-refractivity contribution in [1.82, 2.24) is 15.2 Å². The number of likely N-dealkylation sites (N-methyl/N-ethyl adjacent to an activating group) is 1. The highest BCUT2D eigenvalue weighted by Gasteiger charge is 2.30. The number of carbonyl (C=O) groups excluding carboxylic acids is 1. The van der Waals surface area contributed by atoms with Gasteiger partial charge in [0.15, 0.2) is 0 Å². The molecule has 1 fully saturated rings. The number of piperazine rings is 1. The lowest BCUT2D eigenvalue weighted by molar-refractivity contribution is -0.130. The number of amides is 1. The van der Waals surface area contributed by atoms with Crippen LogP contribution in [0.4, 0.5) is 5.82 Å². The number of anilines is 1. The summed E-state index contributed by atoms with van der Waals surface area (Å²) in [5.41, 5.74) is 0.523. The Morgan fingerprint density at radius 1 is 1.58 bits per heavy atom. The van der Waals surface area contributed by atoms with E-state index in [0.717, 1.165) is 18.9 Å². The molecule has 1 aliphatic heterocycles. The summed E-state index contributed by atoms with van der Waals surface area (Å²) >= 11 is 0. The molecule has 0 aliphatic carbocycles. The van der Waals surface area contributed by atoms with Crippen molar-refractivity contribution in [3.8, 4) is 6.07 Å². The second kappa shape index (κ2) is 5.67. The normalized spacial score (nSPS) is 18.8. The summed E-state index contributed by atoms with van der Waals surface area (Å²) in [6.45, 7) is 2.15. The fourth-order valence-electron chi connectivity index (χ4n) is 2.12. The molecular formula is C13H17N5O. The van der Waals surface area contributed by atoms with E-state index in [1.165, 1.54) is 6.20 Å². The van der Waals surface area contributed by atoms with Gasteiger partial charge >= 0.3 is 0 Å². The van der Waals surface area contributed by atoms with Gasteiger partial charge in [-0.25, -0.2) is 4.98 Å². The third-order valence-electron chi connectivity index (χ3n) is 3.14. The molecule has 0 bridgehead atoms. The van der Waals surface area contributed by atoms with Crippen molar-refractivity contribution in [2.45, 2.75) is 6.04 Å². The van der Waals surface area contributed by atoms with Gasteiger partial charge in [-0.1, -0.05) is 0 Å². The Labute approximate surface area is 112 Å². The van der Waals surface area contributed by atoms with Crippen LogP contribution in [0.5, 0.6) is 0 Å². The van der Waals surface area contributed by atoms with E-state index in [-0.39, 0.29) is 11.9 Å². The van der Waals surface area contributed by atoms with Gasteiger partial charge in [0.2, 0.25) is 5.91 Å². The van der Waals surface area contributed by atoms with Crippen LogP contribution in [0.25, 0.3) is 0 Å². The van der Waals surface area contributed by atoms with E-state index in [9.17, 15) is 4.79 Å². The van der Waals surface area contributed by atoms with Crippen LogP contribution in [0, 0.1) is 11.3 Å². The topological polar surface area (TPSA) is 72.3 Å². The molecule has 1 N–H and O–H groups in total. The summed E-state index contributed by atoms with van der Waals surface area (Å²) < 4.78 is 0. The van der Waals surface area contributed by atoms with Gasteiger partial charge in [-0.3, -0.25) is 4.79 Å². The first-order valence-electron chi connectivity index (χ1n) is 6.18. The van der Waals surface area contributed by atoms with Crippen molar-refractivity contribution in [3.05, 3.63) is 23.9 Å². The van der Waals surface area contributed by atoms with E-state index in [1.807, 2.05) is 11.0 Å². The highest BCUT2D eigenvalue weighted by atomic mass is 16.2. The third kappa shape index (κ3) is 2.83. The van der Waals surface area contributed by atoms with Crippen molar-refractivity contribution < 1.29 is 4.79 Å². The number of carbonyl (C=O) groups is 1. The van der Waals surface area contributed by atoms with Crippen molar-refractivity contribution >= 4 is 11.7 Å². The fraction of sp³-hybridized carbons (Fsp3) is 0.462. The molecule has 1 saturated heterocycles. The summed E-state index contributed by atoms with van der Waals surface area (Å²) in [6, 6.07) is 5.31. The molecule has 6 nitrogen and oxygen atoms in total. The summed E-state index contributed by atoms with van der Waals surface area (Å²) in [5, 5.41) is 12.0. The van der Waals surface area contributed by atoms with Gasteiger partial charge in [0, 0.05) is 39.9 Å². The van der Waals surface area contributed by atoms with Gasteiger partial charge in [-0.2, -0.15) is 5.26 Å². The standard InChI is InChI=1S/C13H17N5O/c1-17(2)13(19)11-9-15-5-6-18(11)12-4-3-10(7-14)8-16-12/h3-4,8,11,15H,5-6,9H2,1-2H3. The molecule has 0 aromatic carbocycles. The molecule has 1 unspecified atom stereocenters. The second-order valence-corrected chi connectivity index (χ2v) is 4.66. The SMILES string of the molecule is CN(C)C(=O)C1CNCCN1c1ccc(C#N)cn1. The van der Waals surface area contributed by atoms with Crippen LogP contribution >= 0.6 is 0 Å². The van der Waals surface area contributed by atoms with Gasteiger partial charge in [0.1, 0.15) is 17.9 Å². The van der Waals surface area contributed by atoms with Crippen LogP contribution in [0.2, 0.25) is 0 Å². The van der Waals surface area contributed by atoms with E-state index >= 15 is 0 Å². The number of hydrogen-bond donors (Lipinski definition) is 1. The number of pyridine rings is 1. The van der Waals surface area contributed by atoms with Crippen LogP contribution in [-0.2, 0) is 4.79 Å². The molecule has 0 radical (unpaired) electrons. The molecule has 100 valence electrons. The number of rotatable bonds is 2. The minimum Gasteiger partial charge on any atom is -0.347 e. The highest BCUT2D eigenvalue weighted by molar-refractivity contribution is 5.85.